The molecule has 10 heteroatoms. The molecule has 1 unspecified atom stereocenters. The van der Waals surface area contributed by atoms with E-state index in [0.29, 0.717) is 17.2 Å². The van der Waals surface area contributed by atoms with Crippen molar-refractivity contribution in [1.82, 2.24) is 9.34 Å². The van der Waals surface area contributed by atoms with Crippen LogP contribution >= 0.6 is 15.5 Å². The summed E-state index contributed by atoms with van der Waals surface area (Å²) in [5, 5.41) is 0. The van der Waals surface area contributed by atoms with E-state index in [1.54, 1.807) is 88.2 Å². The fraction of sp³-hybridized carbons (Fsp3) is 0.143. The van der Waals surface area contributed by atoms with Crippen LogP contribution in [0.3, 0.4) is 0 Å². The van der Waals surface area contributed by atoms with Gasteiger partial charge in [-0.15, -0.1) is 0 Å². The molecule has 1 heterocycles. The number of hydrogen-bond acceptors (Lipinski definition) is 6. The molecule has 1 aliphatic heterocycles. The molecule has 1 aliphatic rings. The minimum Gasteiger partial charge on any atom is -0.404 e. The van der Waals surface area contributed by atoms with Crippen LogP contribution in [0.5, 0.6) is 17.2 Å². The molecule has 198 valence electrons. The van der Waals surface area contributed by atoms with Gasteiger partial charge in [-0.05, 0) is 48.6 Å². The average Bonchev–Trinajstić information content (AvgIpc) is 2.94. The molecule has 0 bridgehead atoms. The number of allylic oxidation sites excluding steroid dienone is 3. The lowest BCUT2D eigenvalue weighted by molar-refractivity contribution is 0.185. The number of nitrogens with zero attached hydrogens (tertiary/aromatic N) is 2. The van der Waals surface area contributed by atoms with Gasteiger partial charge in [0.15, 0.2) is 0 Å². The zero-order chi connectivity index (χ0) is 26.8. The van der Waals surface area contributed by atoms with E-state index in [-0.39, 0.29) is 31.9 Å². The summed E-state index contributed by atoms with van der Waals surface area (Å²) in [6.45, 7) is 8.25. The van der Waals surface area contributed by atoms with E-state index >= 15 is 0 Å². The monoisotopic (exact) mass is 552 g/mol. The fourth-order valence-electron chi connectivity index (χ4n) is 3.67. The highest BCUT2D eigenvalue weighted by Gasteiger charge is 2.45. The van der Waals surface area contributed by atoms with Gasteiger partial charge in [0.25, 0.3) is 0 Å². The summed E-state index contributed by atoms with van der Waals surface area (Å²) in [4.78, 5) is 0. The number of hydrogen-bond donors (Lipinski definition) is 0. The van der Waals surface area contributed by atoms with Crippen LogP contribution in [-0.4, -0.2) is 35.5 Å². The number of piperazine rings is 1. The first-order chi connectivity index (χ1) is 18.4. The highest BCUT2D eigenvalue weighted by Crippen LogP contribution is 2.57. The predicted molar refractivity (Wildman–Crippen MR) is 149 cm³/mol. The van der Waals surface area contributed by atoms with E-state index in [1.165, 1.54) is 12.2 Å². The lowest BCUT2D eigenvalue weighted by atomic mass is 10.3. The lowest BCUT2D eigenvalue weighted by Gasteiger charge is -2.38. The second-order valence-electron chi connectivity index (χ2n) is 8.16. The highest BCUT2D eigenvalue weighted by atomic mass is 31.2. The summed E-state index contributed by atoms with van der Waals surface area (Å²) in [6.07, 6.45) is 4.51. The molecule has 0 N–H and O–H groups in total. The molecule has 8 nitrogen and oxygen atoms in total. The first-order valence-electron chi connectivity index (χ1n) is 12.0. The quantitative estimate of drug-likeness (QED) is 0.131. The predicted octanol–water partition coefficient (Wildman–Crippen LogP) is 7.33. The molecule has 1 fully saturated rings. The van der Waals surface area contributed by atoms with Crippen molar-refractivity contribution in [3.8, 4) is 17.2 Å². The minimum absolute atomic E-state index is 0.211. The molecule has 1 saturated heterocycles. The summed E-state index contributed by atoms with van der Waals surface area (Å²) < 4.78 is 55.2. The molecular weight excluding hydrogens is 522 g/mol. The molecule has 38 heavy (non-hydrogen) atoms. The Balaban J connectivity index is 1.56. The van der Waals surface area contributed by atoms with Gasteiger partial charge in [0.2, 0.25) is 0 Å². The van der Waals surface area contributed by atoms with E-state index in [1.807, 2.05) is 18.2 Å². The molecule has 3 aromatic carbocycles. The first kappa shape index (κ1) is 27.5. The normalized spacial score (nSPS) is 16.6. The molecule has 0 aromatic heterocycles. The maximum atomic E-state index is 14.2. The second-order valence-corrected chi connectivity index (χ2v) is 11.9. The summed E-state index contributed by atoms with van der Waals surface area (Å²) in [5.41, 5.74) is 0. The number of benzene rings is 3. The lowest BCUT2D eigenvalue weighted by Crippen LogP contribution is -2.45. The summed E-state index contributed by atoms with van der Waals surface area (Å²) >= 11 is 0. The smallest absolute Gasteiger partial charge is 0.404 e. The van der Waals surface area contributed by atoms with Crippen LogP contribution in [0.1, 0.15) is 0 Å². The molecule has 0 radical (unpaired) electrons. The van der Waals surface area contributed by atoms with Crippen LogP contribution in [0, 0.1) is 0 Å². The molecule has 0 amide bonds. The van der Waals surface area contributed by atoms with Crippen molar-refractivity contribution in [3.63, 3.8) is 0 Å². The molecule has 4 rings (SSSR count). The molecule has 1 atom stereocenters. The van der Waals surface area contributed by atoms with Gasteiger partial charge in [-0.1, -0.05) is 73.8 Å². The van der Waals surface area contributed by atoms with Gasteiger partial charge < -0.3 is 18.1 Å². The van der Waals surface area contributed by atoms with E-state index in [4.69, 9.17) is 18.1 Å². The van der Waals surface area contributed by atoms with Crippen LogP contribution in [0.25, 0.3) is 0 Å². The third-order valence-electron chi connectivity index (χ3n) is 5.52. The summed E-state index contributed by atoms with van der Waals surface area (Å²) in [5.74, 6) is 1.49. The first-order valence-corrected chi connectivity index (χ1v) is 15.0. The van der Waals surface area contributed by atoms with Gasteiger partial charge in [-0.2, -0.15) is 9.34 Å². The van der Waals surface area contributed by atoms with Gasteiger partial charge in [-0.25, -0.2) is 9.13 Å². The minimum atomic E-state index is -3.88. The standard InChI is InChI=1S/C28H30N2O6P2/c1-3-14-25(4-2)33-37(31,34-26-15-8-5-9-16-26)29-21-23-30(24-22-29)38(32,35-27-17-10-6-11-18-27)36-28-19-12-7-13-20-28/h3-20H,1-2,21-24H2/b25-14+. The van der Waals surface area contributed by atoms with E-state index in [0.717, 1.165) is 0 Å². The Kier molecular flexibility index (Phi) is 9.27. The highest BCUT2D eigenvalue weighted by molar-refractivity contribution is 7.52. The van der Waals surface area contributed by atoms with Crippen LogP contribution in [-0.2, 0) is 13.7 Å². The third kappa shape index (κ3) is 7.06. The molecule has 3 aromatic rings. The van der Waals surface area contributed by atoms with Gasteiger partial charge in [-0.3, -0.25) is 0 Å². The largest absolute Gasteiger partial charge is 0.515 e. The average molecular weight is 553 g/mol. The molecule has 0 aliphatic carbocycles. The van der Waals surface area contributed by atoms with Gasteiger partial charge >= 0.3 is 15.5 Å². The molecular formula is C28H30N2O6P2. The van der Waals surface area contributed by atoms with Gasteiger partial charge in [0, 0.05) is 26.2 Å². The van der Waals surface area contributed by atoms with Crippen LogP contribution in [0.2, 0.25) is 0 Å². The van der Waals surface area contributed by atoms with Gasteiger partial charge in [0.1, 0.15) is 23.0 Å². The van der Waals surface area contributed by atoms with Crippen molar-refractivity contribution in [2.75, 3.05) is 26.2 Å². The maximum absolute atomic E-state index is 14.2. The van der Waals surface area contributed by atoms with Crippen molar-refractivity contribution in [2.24, 2.45) is 0 Å². The van der Waals surface area contributed by atoms with Crippen LogP contribution < -0.4 is 13.6 Å². The Morgan fingerprint density at radius 3 is 1.37 bits per heavy atom. The topological polar surface area (TPSA) is 77.5 Å². The molecule has 0 saturated carbocycles. The van der Waals surface area contributed by atoms with Crippen molar-refractivity contribution in [3.05, 3.63) is 128 Å². The summed E-state index contributed by atoms with van der Waals surface area (Å²) in [6, 6.07) is 26.5. The maximum Gasteiger partial charge on any atom is 0.515 e. The SMILES string of the molecule is C=C/C=C(\C=C)OP(=O)(Oc1ccccc1)N1CCN(P(=O)(Oc2ccccc2)Oc2ccccc2)CC1. The van der Waals surface area contributed by atoms with Crippen molar-refractivity contribution in [2.45, 2.75) is 0 Å². The van der Waals surface area contributed by atoms with Crippen molar-refractivity contribution < 1.29 is 27.2 Å². The Morgan fingerprint density at radius 1 is 0.632 bits per heavy atom. The van der Waals surface area contributed by atoms with Gasteiger partial charge in [0.05, 0.1) is 0 Å². The Bertz CT molecular complexity index is 1280. The third-order valence-corrected chi connectivity index (χ3v) is 9.47. The van der Waals surface area contributed by atoms with Crippen molar-refractivity contribution in [1.29, 1.82) is 0 Å². The Hall–Kier alpha value is -3.54. The van der Waals surface area contributed by atoms with E-state index < -0.39 is 15.5 Å². The van der Waals surface area contributed by atoms with E-state index in [9.17, 15) is 9.13 Å². The van der Waals surface area contributed by atoms with Crippen LogP contribution in [0.15, 0.2) is 128 Å². The summed E-state index contributed by atoms with van der Waals surface area (Å²) in [7, 11) is -7.72. The zero-order valence-corrected chi connectivity index (χ0v) is 22.7. The van der Waals surface area contributed by atoms with E-state index in [2.05, 4.69) is 13.2 Å². The Morgan fingerprint density at radius 2 is 1.00 bits per heavy atom. The molecule has 0 spiro atoms. The fourth-order valence-corrected chi connectivity index (χ4v) is 7.11. The number of rotatable bonds is 12. The van der Waals surface area contributed by atoms with Crippen molar-refractivity contribution >= 4 is 15.5 Å². The number of para-hydroxylation sites is 3. The zero-order valence-electron chi connectivity index (χ0n) is 20.9. The van der Waals surface area contributed by atoms with Crippen LogP contribution in [0.4, 0.5) is 0 Å². The second kappa shape index (κ2) is 12.8. The Labute approximate surface area is 223 Å².